The Morgan fingerprint density at radius 1 is 1.43 bits per heavy atom. The number of anilines is 3. The van der Waals surface area contributed by atoms with Crippen LogP contribution in [0.15, 0.2) is 30.5 Å². The molecule has 0 aliphatic rings. The molecule has 2 rings (SSSR count). The number of rotatable bonds is 4. The Morgan fingerprint density at radius 2 is 2.19 bits per heavy atom. The molecule has 0 radical (unpaired) electrons. The number of halogens is 1. The van der Waals surface area contributed by atoms with Gasteiger partial charge in [-0.3, -0.25) is 0 Å². The highest BCUT2D eigenvalue weighted by atomic mass is 35.5. The molecule has 2 aromatic rings. The molecule has 0 amide bonds. The fourth-order valence-corrected chi connectivity index (χ4v) is 2.09. The zero-order valence-electron chi connectivity index (χ0n) is 11.8. The van der Waals surface area contributed by atoms with E-state index in [9.17, 15) is 4.79 Å². The fraction of sp³-hybridized carbons (Fsp3) is 0.200. The number of hydrogen-bond acceptors (Lipinski definition) is 5. The number of nitrogens with two attached hydrogens (primary N) is 1. The molecule has 21 heavy (non-hydrogen) atoms. The lowest BCUT2D eigenvalue weighted by atomic mass is 10.2. The molecule has 0 fully saturated rings. The van der Waals surface area contributed by atoms with Crippen LogP contribution in [0, 0.1) is 6.92 Å². The van der Waals surface area contributed by atoms with Gasteiger partial charge in [-0.2, -0.15) is 0 Å². The van der Waals surface area contributed by atoms with Crippen molar-refractivity contribution in [1.29, 1.82) is 0 Å². The first-order chi connectivity index (χ1) is 10.0. The number of aryl methyl sites for hydroxylation is 1. The highest BCUT2D eigenvalue weighted by Crippen LogP contribution is 2.29. The summed E-state index contributed by atoms with van der Waals surface area (Å²) >= 11 is 6.16. The third-order valence-electron chi connectivity index (χ3n) is 2.86. The first-order valence-electron chi connectivity index (χ1n) is 6.47. The van der Waals surface area contributed by atoms with Crippen LogP contribution in [0.25, 0.3) is 0 Å². The molecule has 0 bridgehead atoms. The average Bonchev–Trinajstić information content (AvgIpc) is 2.44. The lowest BCUT2D eigenvalue weighted by Gasteiger charge is -2.12. The van der Waals surface area contributed by atoms with Gasteiger partial charge in [0.05, 0.1) is 28.6 Å². The van der Waals surface area contributed by atoms with Crippen molar-refractivity contribution >= 4 is 34.8 Å². The Morgan fingerprint density at radius 3 is 2.86 bits per heavy atom. The molecule has 0 aliphatic heterocycles. The molecule has 0 aliphatic carbocycles. The van der Waals surface area contributed by atoms with Gasteiger partial charge in [0.15, 0.2) is 5.82 Å². The van der Waals surface area contributed by atoms with E-state index in [4.69, 9.17) is 22.1 Å². The van der Waals surface area contributed by atoms with Gasteiger partial charge in [-0.05, 0) is 37.6 Å². The van der Waals surface area contributed by atoms with E-state index >= 15 is 0 Å². The van der Waals surface area contributed by atoms with Crippen LogP contribution >= 0.6 is 11.6 Å². The van der Waals surface area contributed by atoms with Gasteiger partial charge >= 0.3 is 5.97 Å². The summed E-state index contributed by atoms with van der Waals surface area (Å²) in [6.07, 6.45) is 1.49. The van der Waals surface area contributed by atoms with Crippen LogP contribution in [0.1, 0.15) is 22.8 Å². The van der Waals surface area contributed by atoms with E-state index in [2.05, 4.69) is 10.3 Å². The fourth-order valence-electron chi connectivity index (χ4n) is 1.81. The monoisotopic (exact) mass is 305 g/mol. The molecule has 0 unspecified atom stereocenters. The predicted molar refractivity (Wildman–Crippen MR) is 84.1 cm³/mol. The lowest BCUT2D eigenvalue weighted by Crippen LogP contribution is -2.10. The van der Waals surface area contributed by atoms with Gasteiger partial charge in [0.1, 0.15) is 0 Å². The number of esters is 1. The van der Waals surface area contributed by atoms with Crippen LogP contribution in [0.5, 0.6) is 0 Å². The smallest absolute Gasteiger partial charge is 0.340 e. The number of hydrogen-bond donors (Lipinski definition) is 2. The number of nitrogen functional groups attached to an aromatic ring is 1. The number of benzene rings is 1. The normalized spacial score (nSPS) is 10.2. The second-order valence-electron chi connectivity index (χ2n) is 4.45. The van der Waals surface area contributed by atoms with E-state index in [-0.39, 0.29) is 17.9 Å². The number of pyridine rings is 1. The second-order valence-corrected chi connectivity index (χ2v) is 4.86. The number of carbonyl (C=O) groups is 1. The van der Waals surface area contributed by atoms with E-state index in [1.807, 2.05) is 25.1 Å². The summed E-state index contributed by atoms with van der Waals surface area (Å²) in [6.45, 7) is 3.97. The van der Waals surface area contributed by atoms with Gasteiger partial charge in [0.25, 0.3) is 0 Å². The van der Waals surface area contributed by atoms with Gasteiger partial charge in [-0.25, -0.2) is 9.78 Å². The maximum atomic E-state index is 11.8. The molecular weight excluding hydrogens is 290 g/mol. The minimum atomic E-state index is -0.476. The molecule has 3 N–H and O–H groups in total. The Balaban J connectivity index is 2.32. The molecule has 1 aromatic heterocycles. The SMILES string of the molecule is CCOC(=O)c1ccnc(Nc2ccc(C)cc2Cl)c1N. The summed E-state index contributed by atoms with van der Waals surface area (Å²) in [5, 5.41) is 3.58. The van der Waals surface area contributed by atoms with Crippen molar-refractivity contribution in [1.82, 2.24) is 4.98 Å². The van der Waals surface area contributed by atoms with Gasteiger partial charge in [0, 0.05) is 6.20 Å². The number of carbonyl (C=O) groups excluding carboxylic acids is 1. The Labute approximate surface area is 128 Å². The number of nitrogens with zero attached hydrogens (tertiary/aromatic N) is 1. The zero-order valence-corrected chi connectivity index (χ0v) is 12.6. The highest BCUT2D eigenvalue weighted by Gasteiger charge is 2.15. The van der Waals surface area contributed by atoms with Crippen LogP contribution in [0.4, 0.5) is 17.2 Å². The van der Waals surface area contributed by atoms with Crippen molar-refractivity contribution in [2.45, 2.75) is 13.8 Å². The van der Waals surface area contributed by atoms with Crippen molar-refractivity contribution < 1.29 is 9.53 Å². The van der Waals surface area contributed by atoms with Gasteiger partial charge in [-0.1, -0.05) is 17.7 Å². The lowest BCUT2D eigenvalue weighted by molar-refractivity contribution is 0.0527. The Bertz CT molecular complexity index is 674. The molecule has 110 valence electrons. The van der Waals surface area contributed by atoms with Crippen molar-refractivity contribution in [3.05, 3.63) is 46.6 Å². The molecule has 0 spiro atoms. The minimum absolute atomic E-state index is 0.229. The maximum absolute atomic E-state index is 11.8. The molecule has 6 heteroatoms. The van der Waals surface area contributed by atoms with Gasteiger partial charge in [-0.15, -0.1) is 0 Å². The summed E-state index contributed by atoms with van der Waals surface area (Å²) in [4.78, 5) is 15.9. The predicted octanol–water partition coefficient (Wildman–Crippen LogP) is 3.55. The number of ether oxygens (including phenoxy) is 1. The molecular formula is C15H16ClN3O2. The second kappa shape index (κ2) is 6.45. The van der Waals surface area contributed by atoms with Crippen LogP contribution in [0.3, 0.4) is 0 Å². The van der Waals surface area contributed by atoms with Crippen LogP contribution in [-0.2, 0) is 4.74 Å². The van der Waals surface area contributed by atoms with Crippen molar-refractivity contribution in [2.75, 3.05) is 17.7 Å². The molecule has 1 aromatic carbocycles. The molecule has 5 nitrogen and oxygen atoms in total. The molecule has 0 saturated carbocycles. The number of aromatic nitrogens is 1. The standard InChI is InChI=1S/C15H16ClN3O2/c1-3-21-15(20)10-6-7-18-14(13(10)17)19-12-5-4-9(2)8-11(12)16/h4-8H,3,17H2,1-2H3,(H,18,19). The molecule has 1 heterocycles. The van der Waals surface area contributed by atoms with Crippen LogP contribution in [-0.4, -0.2) is 17.6 Å². The summed E-state index contributed by atoms with van der Waals surface area (Å²) in [7, 11) is 0. The number of nitrogens with one attached hydrogen (secondary N) is 1. The van der Waals surface area contributed by atoms with Crippen LogP contribution in [0.2, 0.25) is 5.02 Å². The highest BCUT2D eigenvalue weighted by molar-refractivity contribution is 6.33. The summed E-state index contributed by atoms with van der Waals surface area (Å²) < 4.78 is 4.95. The summed E-state index contributed by atoms with van der Waals surface area (Å²) in [5.41, 5.74) is 8.20. The van der Waals surface area contributed by atoms with Crippen molar-refractivity contribution in [2.24, 2.45) is 0 Å². The summed E-state index contributed by atoms with van der Waals surface area (Å²) in [5.74, 6) is -0.109. The van der Waals surface area contributed by atoms with Crippen molar-refractivity contribution in [3.8, 4) is 0 Å². The third-order valence-corrected chi connectivity index (χ3v) is 3.18. The zero-order chi connectivity index (χ0) is 15.4. The van der Waals surface area contributed by atoms with E-state index < -0.39 is 5.97 Å². The van der Waals surface area contributed by atoms with E-state index in [1.165, 1.54) is 12.3 Å². The van der Waals surface area contributed by atoms with Gasteiger partial charge in [0.2, 0.25) is 0 Å². The average molecular weight is 306 g/mol. The first-order valence-corrected chi connectivity index (χ1v) is 6.85. The largest absolute Gasteiger partial charge is 0.462 e. The minimum Gasteiger partial charge on any atom is -0.462 e. The summed E-state index contributed by atoms with van der Waals surface area (Å²) in [6, 6.07) is 7.10. The third kappa shape index (κ3) is 3.44. The quantitative estimate of drug-likeness (QED) is 0.845. The van der Waals surface area contributed by atoms with E-state index in [0.29, 0.717) is 16.5 Å². The van der Waals surface area contributed by atoms with Crippen molar-refractivity contribution in [3.63, 3.8) is 0 Å². The van der Waals surface area contributed by atoms with Crippen LogP contribution < -0.4 is 11.1 Å². The van der Waals surface area contributed by atoms with E-state index in [1.54, 1.807) is 6.92 Å². The van der Waals surface area contributed by atoms with E-state index in [0.717, 1.165) is 5.56 Å². The maximum Gasteiger partial charge on any atom is 0.340 e. The first kappa shape index (κ1) is 15.1. The Kier molecular flexibility index (Phi) is 4.65. The topological polar surface area (TPSA) is 77.2 Å². The Hall–Kier alpha value is -2.27. The molecule has 0 saturated heterocycles. The van der Waals surface area contributed by atoms with Gasteiger partial charge < -0.3 is 15.8 Å². The molecule has 0 atom stereocenters.